The molecule has 0 aromatic carbocycles. The number of aromatic nitrogens is 2. The monoisotopic (exact) mass is 327 g/mol. The standard InChI is InChI=1S/C16H23F2N3O2/c1-11-14(8-20(2)19-11)15(22)21-6-5-16(17,18)13(7-21)10-23-9-12-3-4-12/h8,12-13H,3-7,9-10H2,1-2H3. The van der Waals surface area contributed by atoms with E-state index in [1.165, 1.54) is 4.90 Å². The number of hydrogen-bond acceptors (Lipinski definition) is 3. The van der Waals surface area contributed by atoms with Crippen LogP contribution >= 0.6 is 0 Å². The second kappa shape index (κ2) is 6.19. The van der Waals surface area contributed by atoms with E-state index in [1.54, 1.807) is 24.9 Å². The normalized spacial score (nSPS) is 24.0. The molecule has 2 heterocycles. The molecule has 2 fully saturated rings. The van der Waals surface area contributed by atoms with Crippen LogP contribution in [-0.4, -0.2) is 52.8 Å². The maximum Gasteiger partial charge on any atom is 0.257 e. The summed E-state index contributed by atoms with van der Waals surface area (Å²) in [4.78, 5) is 14.1. The van der Waals surface area contributed by atoms with Gasteiger partial charge in [0.1, 0.15) is 0 Å². The topological polar surface area (TPSA) is 47.4 Å². The predicted molar refractivity (Wildman–Crippen MR) is 80.4 cm³/mol. The van der Waals surface area contributed by atoms with Gasteiger partial charge in [0.25, 0.3) is 11.8 Å². The molecule has 1 atom stereocenters. The van der Waals surface area contributed by atoms with Crippen molar-refractivity contribution in [3.8, 4) is 0 Å². The molecule has 5 nitrogen and oxygen atoms in total. The third-order valence-electron chi connectivity index (χ3n) is 4.65. The molecule has 1 aromatic rings. The number of aryl methyl sites for hydroxylation is 2. The van der Waals surface area contributed by atoms with Gasteiger partial charge in [-0.05, 0) is 25.7 Å². The largest absolute Gasteiger partial charge is 0.381 e. The lowest BCUT2D eigenvalue weighted by molar-refractivity contribution is -0.122. The van der Waals surface area contributed by atoms with Crippen LogP contribution in [0.2, 0.25) is 0 Å². The van der Waals surface area contributed by atoms with Gasteiger partial charge in [-0.25, -0.2) is 8.78 Å². The van der Waals surface area contributed by atoms with Crippen molar-refractivity contribution in [2.24, 2.45) is 18.9 Å². The van der Waals surface area contributed by atoms with Crippen LogP contribution in [0.4, 0.5) is 8.78 Å². The van der Waals surface area contributed by atoms with E-state index in [9.17, 15) is 13.6 Å². The first-order chi connectivity index (χ1) is 10.9. The minimum atomic E-state index is -2.77. The molecule has 0 bridgehead atoms. The maximum absolute atomic E-state index is 14.1. The molecule has 1 saturated carbocycles. The van der Waals surface area contributed by atoms with Crippen LogP contribution in [0.1, 0.15) is 35.3 Å². The van der Waals surface area contributed by atoms with Gasteiger partial charge in [-0.2, -0.15) is 5.10 Å². The molecule has 1 saturated heterocycles. The van der Waals surface area contributed by atoms with Crippen molar-refractivity contribution in [2.75, 3.05) is 26.3 Å². The van der Waals surface area contributed by atoms with Gasteiger partial charge in [-0.1, -0.05) is 0 Å². The minimum Gasteiger partial charge on any atom is -0.381 e. The SMILES string of the molecule is Cc1nn(C)cc1C(=O)N1CCC(F)(F)C(COCC2CC2)C1. The van der Waals surface area contributed by atoms with Crippen LogP contribution in [0.3, 0.4) is 0 Å². The van der Waals surface area contributed by atoms with Gasteiger partial charge in [-0.3, -0.25) is 9.48 Å². The van der Waals surface area contributed by atoms with Gasteiger partial charge in [-0.15, -0.1) is 0 Å². The highest BCUT2D eigenvalue weighted by atomic mass is 19.3. The molecule has 2 aliphatic rings. The van der Waals surface area contributed by atoms with E-state index in [4.69, 9.17) is 4.74 Å². The summed E-state index contributed by atoms with van der Waals surface area (Å²) in [7, 11) is 1.74. The highest BCUT2D eigenvalue weighted by molar-refractivity contribution is 5.95. The minimum absolute atomic E-state index is 0.0132. The molecule has 1 amide bonds. The molecule has 0 spiro atoms. The van der Waals surface area contributed by atoms with Crippen molar-refractivity contribution in [3.63, 3.8) is 0 Å². The van der Waals surface area contributed by atoms with Crippen molar-refractivity contribution < 1.29 is 18.3 Å². The highest BCUT2D eigenvalue weighted by Gasteiger charge is 2.45. The second-order valence-electron chi connectivity index (χ2n) is 6.74. The van der Waals surface area contributed by atoms with Gasteiger partial charge >= 0.3 is 0 Å². The Morgan fingerprint density at radius 2 is 2.17 bits per heavy atom. The average Bonchev–Trinajstić information content (AvgIpc) is 3.24. The van der Waals surface area contributed by atoms with Gasteiger partial charge in [0, 0.05) is 39.4 Å². The third-order valence-corrected chi connectivity index (χ3v) is 4.65. The number of carbonyl (C=O) groups excluding carboxylic acids is 1. The zero-order chi connectivity index (χ0) is 16.6. The molecule has 7 heteroatoms. The summed E-state index contributed by atoms with van der Waals surface area (Å²) in [6, 6.07) is 0. The lowest BCUT2D eigenvalue weighted by Gasteiger charge is -2.38. The number of alkyl halides is 2. The van der Waals surface area contributed by atoms with Gasteiger partial charge in [0.2, 0.25) is 0 Å². The Labute approximate surface area is 134 Å². The fraction of sp³-hybridized carbons (Fsp3) is 0.750. The first-order valence-corrected chi connectivity index (χ1v) is 8.12. The summed E-state index contributed by atoms with van der Waals surface area (Å²) in [5.74, 6) is -3.39. The number of hydrogen-bond donors (Lipinski definition) is 0. The van der Waals surface area contributed by atoms with Crippen LogP contribution < -0.4 is 0 Å². The molecule has 23 heavy (non-hydrogen) atoms. The first kappa shape index (κ1) is 16.4. The Kier molecular flexibility index (Phi) is 4.40. The Hall–Kier alpha value is -1.50. The molecule has 0 radical (unpaired) electrons. The van der Waals surface area contributed by atoms with E-state index in [0.717, 1.165) is 12.8 Å². The Bertz CT molecular complexity index is 584. The van der Waals surface area contributed by atoms with Crippen LogP contribution in [-0.2, 0) is 11.8 Å². The molecule has 1 unspecified atom stereocenters. The van der Waals surface area contributed by atoms with Gasteiger partial charge in [0.15, 0.2) is 0 Å². The number of amides is 1. The Balaban J connectivity index is 1.63. The van der Waals surface area contributed by atoms with E-state index in [1.807, 2.05) is 0 Å². The fourth-order valence-electron chi connectivity index (χ4n) is 2.98. The zero-order valence-corrected chi connectivity index (χ0v) is 13.6. The zero-order valence-electron chi connectivity index (χ0n) is 13.6. The fourth-order valence-corrected chi connectivity index (χ4v) is 2.98. The van der Waals surface area contributed by atoms with Crippen LogP contribution in [0, 0.1) is 18.8 Å². The van der Waals surface area contributed by atoms with Gasteiger partial charge < -0.3 is 9.64 Å². The Morgan fingerprint density at radius 1 is 1.43 bits per heavy atom. The molecule has 1 aliphatic carbocycles. The molecule has 3 rings (SSSR count). The number of ether oxygens (including phenoxy) is 1. The van der Waals surface area contributed by atoms with Crippen molar-refractivity contribution >= 4 is 5.91 Å². The number of halogens is 2. The summed E-state index contributed by atoms with van der Waals surface area (Å²) in [6.07, 6.45) is 3.59. The summed E-state index contributed by atoms with van der Waals surface area (Å²) < 4.78 is 35.2. The number of piperidine rings is 1. The van der Waals surface area contributed by atoms with Gasteiger partial charge in [0.05, 0.1) is 23.8 Å². The van der Waals surface area contributed by atoms with Crippen LogP contribution in [0.25, 0.3) is 0 Å². The summed E-state index contributed by atoms with van der Waals surface area (Å²) in [6.45, 7) is 2.42. The van der Waals surface area contributed by atoms with E-state index < -0.39 is 11.8 Å². The Morgan fingerprint density at radius 3 is 2.78 bits per heavy atom. The number of likely N-dealkylation sites (tertiary alicyclic amines) is 1. The van der Waals surface area contributed by atoms with E-state index in [2.05, 4.69) is 5.10 Å². The van der Waals surface area contributed by atoms with E-state index in [-0.39, 0.29) is 32.0 Å². The van der Waals surface area contributed by atoms with E-state index >= 15 is 0 Å². The molecule has 1 aromatic heterocycles. The van der Waals surface area contributed by atoms with Crippen molar-refractivity contribution in [1.29, 1.82) is 0 Å². The predicted octanol–water partition coefficient (Wildman–Crippen LogP) is 2.25. The van der Waals surface area contributed by atoms with Crippen molar-refractivity contribution in [2.45, 2.75) is 32.1 Å². The molecular formula is C16H23F2N3O2. The lowest BCUT2D eigenvalue weighted by Crippen LogP contribution is -2.51. The molecule has 128 valence electrons. The third kappa shape index (κ3) is 3.71. The maximum atomic E-state index is 14.1. The summed E-state index contributed by atoms with van der Waals surface area (Å²) in [5, 5.41) is 4.15. The first-order valence-electron chi connectivity index (χ1n) is 8.12. The number of carbonyl (C=O) groups is 1. The van der Waals surface area contributed by atoms with E-state index in [0.29, 0.717) is 23.8 Å². The average molecular weight is 327 g/mol. The summed E-state index contributed by atoms with van der Waals surface area (Å²) >= 11 is 0. The molecule has 0 N–H and O–H groups in total. The highest BCUT2D eigenvalue weighted by Crippen LogP contribution is 2.35. The van der Waals surface area contributed by atoms with Crippen LogP contribution in [0.15, 0.2) is 6.20 Å². The van der Waals surface area contributed by atoms with Crippen LogP contribution in [0.5, 0.6) is 0 Å². The second-order valence-corrected chi connectivity index (χ2v) is 6.74. The number of nitrogens with zero attached hydrogens (tertiary/aromatic N) is 3. The van der Waals surface area contributed by atoms with Crippen molar-refractivity contribution in [3.05, 3.63) is 17.5 Å². The molecular weight excluding hydrogens is 304 g/mol. The quantitative estimate of drug-likeness (QED) is 0.833. The summed E-state index contributed by atoms with van der Waals surface area (Å²) in [5.41, 5.74) is 1.10. The smallest absolute Gasteiger partial charge is 0.257 e. The van der Waals surface area contributed by atoms with Crippen molar-refractivity contribution in [1.82, 2.24) is 14.7 Å². The molecule has 1 aliphatic heterocycles. The lowest BCUT2D eigenvalue weighted by atomic mass is 9.93. The number of rotatable bonds is 5.